The van der Waals surface area contributed by atoms with Crippen LogP contribution in [-0.2, 0) is 11.3 Å². The van der Waals surface area contributed by atoms with Crippen LogP contribution < -0.4 is 21.7 Å². The summed E-state index contributed by atoms with van der Waals surface area (Å²) < 4.78 is 5.34. The molecule has 2 heterocycles. The Hall–Kier alpha value is -2.55. The number of likely N-dealkylation sites (tertiary alicyclic amines) is 1. The molecule has 27 heavy (non-hydrogen) atoms. The first-order valence-corrected chi connectivity index (χ1v) is 9.36. The van der Waals surface area contributed by atoms with E-state index in [4.69, 9.17) is 10.2 Å². The van der Waals surface area contributed by atoms with Crippen molar-refractivity contribution in [3.8, 4) is 0 Å². The number of nitrogens with zero attached hydrogens (tertiary/aromatic N) is 2. The van der Waals surface area contributed by atoms with Crippen LogP contribution in [0.3, 0.4) is 0 Å². The first-order valence-electron chi connectivity index (χ1n) is 9.36. The van der Waals surface area contributed by atoms with Gasteiger partial charge in [0.05, 0.1) is 13.1 Å². The predicted octanol–water partition coefficient (Wildman–Crippen LogP) is 0.0341. The van der Waals surface area contributed by atoms with Gasteiger partial charge in [-0.1, -0.05) is 6.92 Å². The van der Waals surface area contributed by atoms with Crippen molar-refractivity contribution in [2.45, 2.75) is 38.8 Å². The van der Waals surface area contributed by atoms with E-state index in [1.807, 2.05) is 6.92 Å². The Balaban J connectivity index is 1.71. The van der Waals surface area contributed by atoms with Gasteiger partial charge in [0.2, 0.25) is 5.91 Å². The van der Waals surface area contributed by atoms with E-state index in [0.29, 0.717) is 30.9 Å². The topological polar surface area (TPSA) is 125 Å². The number of hydrogen-bond acceptors (Lipinski definition) is 5. The fourth-order valence-electron chi connectivity index (χ4n) is 2.92. The molecule has 0 bridgehead atoms. The predicted molar refractivity (Wildman–Crippen MR) is 103 cm³/mol. The lowest BCUT2D eigenvalue weighted by Gasteiger charge is -2.32. The highest BCUT2D eigenvalue weighted by molar-refractivity contribution is 5.89. The summed E-state index contributed by atoms with van der Waals surface area (Å²) in [6, 6.07) is 3.56. The average Bonchev–Trinajstić information content (AvgIpc) is 3.14. The Morgan fingerprint density at radius 2 is 2.04 bits per heavy atom. The molecule has 1 aliphatic heterocycles. The highest BCUT2D eigenvalue weighted by atomic mass is 16.3. The molecule has 1 aliphatic rings. The minimum atomic E-state index is -0.584. The largest absolute Gasteiger partial charge is 0.454 e. The minimum Gasteiger partial charge on any atom is -0.454 e. The fourth-order valence-corrected chi connectivity index (χ4v) is 2.92. The van der Waals surface area contributed by atoms with E-state index in [0.717, 1.165) is 38.9 Å². The van der Waals surface area contributed by atoms with Crippen LogP contribution in [0.25, 0.3) is 0 Å². The Kier molecular flexibility index (Phi) is 8.12. The molecule has 0 saturated carbocycles. The number of primary amides is 1. The summed E-state index contributed by atoms with van der Waals surface area (Å²) >= 11 is 0. The number of carbonyl (C=O) groups excluding carboxylic acids is 2. The van der Waals surface area contributed by atoms with Gasteiger partial charge in [-0.3, -0.25) is 19.5 Å². The maximum Gasteiger partial charge on any atom is 0.284 e. The summed E-state index contributed by atoms with van der Waals surface area (Å²) in [4.78, 5) is 29.3. The zero-order chi connectivity index (χ0) is 19.6. The van der Waals surface area contributed by atoms with Crippen LogP contribution in [-0.4, -0.2) is 61.9 Å². The van der Waals surface area contributed by atoms with Crippen LogP contribution in [0.5, 0.6) is 0 Å². The molecule has 1 aromatic heterocycles. The summed E-state index contributed by atoms with van der Waals surface area (Å²) in [6.07, 6.45) is 2.83. The molecule has 2 rings (SSSR count). The fraction of sp³-hybridized carbons (Fsp3) is 0.611. The van der Waals surface area contributed by atoms with Crippen molar-refractivity contribution >= 4 is 17.8 Å². The maximum absolute atomic E-state index is 11.8. The molecule has 0 spiro atoms. The molecule has 0 aliphatic carbocycles. The van der Waals surface area contributed by atoms with E-state index in [1.165, 1.54) is 0 Å². The van der Waals surface area contributed by atoms with Gasteiger partial charge < -0.3 is 26.1 Å². The summed E-state index contributed by atoms with van der Waals surface area (Å²) in [6.45, 7) is 5.38. The lowest BCUT2D eigenvalue weighted by molar-refractivity contribution is -0.122. The van der Waals surface area contributed by atoms with Gasteiger partial charge in [-0.15, -0.1) is 0 Å². The third-order valence-electron chi connectivity index (χ3n) is 4.43. The lowest BCUT2D eigenvalue weighted by Crippen LogP contribution is -2.50. The Morgan fingerprint density at radius 3 is 2.63 bits per heavy atom. The summed E-state index contributed by atoms with van der Waals surface area (Å²) in [7, 11) is 1.71. The van der Waals surface area contributed by atoms with Crippen LogP contribution in [0.4, 0.5) is 0 Å². The zero-order valence-electron chi connectivity index (χ0n) is 16.1. The molecule has 150 valence electrons. The summed E-state index contributed by atoms with van der Waals surface area (Å²) in [5, 5.41) is 9.47. The van der Waals surface area contributed by atoms with E-state index in [2.05, 4.69) is 25.8 Å². The number of guanidine groups is 1. The van der Waals surface area contributed by atoms with Crippen molar-refractivity contribution in [1.82, 2.24) is 20.9 Å². The second-order valence-electron chi connectivity index (χ2n) is 6.60. The van der Waals surface area contributed by atoms with E-state index in [9.17, 15) is 9.59 Å². The van der Waals surface area contributed by atoms with Crippen LogP contribution in [0.2, 0.25) is 0 Å². The van der Waals surface area contributed by atoms with Crippen LogP contribution in [0.1, 0.15) is 42.5 Å². The SMILES string of the molecule is CCCNC(=O)CN1CCC(NC(=NC)NCc2ccc(C(N)=O)o2)CC1. The second kappa shape index (κ2) is 10.6. The molecule has 0 atom stereocenters. The van der Waals surface area contributed by atoms with Crippen molar-refractivity contribution in [2.75, 3.05) is 33.2 Å². The number of nitrogens with two attached hydrogens (primary N) is 1. The van der Waals surface area contributed by atoms with Crippen molar-refractivity contribution in [1.29, 1.82) is 0 Å². The van der Waals surface area contributed by atoms with Gasteiger partial charge in [0.15, 0.2) is 11.7 Å². The quantitative estimate of drug-likeness (QED) is 0.374. The molecule has 1 fully saturated rings. The standard InChI is InChI=1S/C18H30N6O3/c1-3-8-21-16(25)12-24-9-6-13(7-10-24)23-18(20-2)22-11-14-4-5-15(27-14)17(19)26/h4-5,13H,3,6-12H2,1-2H3,(H2,19,26)(H,21,25)(H2,20,22,23). The van der Waals surface area contributed by atoms with E-state index < -0.39 is 5.91 Å². The Labute approximate surface area is 159 Å². The van der Waals surface area contributed by atoms with Gasteiger partial charge in [0, 0.05) is 32.7 Å². The average molecular weight is 378 g/mol. The Morgan fingerprint density at radius 1 is 1.30 bits per heavy atom. The van der Waals surface area contributed by atoms with E-state index in [1.54, 1.807) is 19.2 Å². The third-order valence-corrected chi connectivity index (χ3v) is 4.43. The number of amides is 2. The highest BCUT2D eigenvalue weighted by Gasteiger charge is 2.21. The number of nitrogens with one attached hydrogen (secondary N) is 3. The van der Waals surface area contributed by atoms with Gasteiger partial charge in [-0.25, -0.2) is 0 Å². The van der Waals surface area contributed by atoms with Gasteiger partial charge in [0.25, 0.3) is 5.91 Å². The van der Waals surface area contributed by atoms with Gasteiger partial charge in [0.1, 0.15) is 5.76 Å². The van der Waals surface area contributed by atoms with Crippen LogP contribution in [0.15, 0.2) is 21.5 Å². The molecular weight excluding hydrogens is 348 g/mol. The number of furan rings is 1. The third kappa shape index (κ3) is 6.93. The molecule has 9 heteroatoms. The molecule has 5 N–H and O–H groups in total. The highest BCUT2D eigenvalue weighted by Crippen LogP contribution is 2.10. The van der Waals surface area contributed by atoms with Gasteiger partial charge in [-0.05, 0) is 31.4 Å². The first kappa shape index (κ1) is 20.8. The smallest absolute Gasteiger partial charge is 0.284 e. The molecule has 9 nitrogen and oxygen atoms in total. The minimum absolute atomic E-state index is 0.0921. The number of rotatable bonds is 8. The monoisotopic (exact) mass is 378 g/mol. The molecule has 0 unspecified atom stereocenters. The van der Waals surface area contributed by atoms with Crippen molar-refractivity contribution < 1.29 is 14.0 Å². The van der Waals surface area contributed by atoms with Crippen LogP contribution in [0, 0.1) is 0 Å². The number of piperidine rings is 1. The van der Waals surface area contributed by atoms with Crippen molar-refractivity contribution in [2.24, 2.45) is 10.7 Å². The zero-order valence-corrected chi connectivity index (χ0v) is 16.1. The first-order chi connectivity index (χ1) is 13.0. The maximum atomic E-state index is 11.8. The second-order valence-corrected chi connectivity index (χ2v) is 6.60. The van der Waals surface area contributed by atoms with E-state index >= 15 is 0 Å². The summed E-state index contributed by atoms with van der Waals surface area (Å²) in [5.41, 5.74) is 5.18. The van der Waals surface area contributed by atoms with Crippen LogP contribution >= 0.6 is 0 Å². The number of carbonyl (C=O) groups is 2. The molecule has 0 aromatic carbocycles. The van der Waals surface area contributed by atoms with Crippen molar-refractivity contribution in [3.05, 3.63) is 23.7 Å². The summed E-state index contributed by atoms with van der Waals surface area (Å²) in [5.74, 6) is 0.935. The normalized spacial score (nSPS) is 16.1. The number of aliphatic imine (C=N–C) groups is 1. The van der Waals surface area contributed by atoms with Crippen molar-refractivity contribution in [3.63, 3.8) is 0 Å². The Bertz CT molecular complexity index is 649. The molecule has 1 aromatic rings. The lowest BCUT2D eigenvalue weighted by atomic mass is 10.1. The molecule has 1 saturated heterocycles. The van der Waals surface area contributed by atoms with Gasteiger partial charge in [-0.2, -0.15) is 0 Å². The number of hydrogen-bond donors (Lipinski definition) is 4. The van der Waals surface area contributed by atoms with Gasteiger partial charge >= 0.3 is 0 Å². The molecule has 0 radical (unpaired) electrons. The van der Waals surface area contributed by atoms with E-state index in [-0.39, 0.29) is 11.7 Å². The molecular formula is C18H30N6O3. The molecule has 2 amide bonds.